The molecule has 2 rings (SSSR count). The number of benzene rings is 2. The molecule has 25 heavy (non-hydrogen) atoms. The van der Waals surface area contributed by atoms with Crippen molar-refractivity contribution in [1.82, 2.24) is 4.90 Å². The Morgan fingerprint density at radius 1 is 0.960 bits per heavy atom. The maximum Gasteiger partial charge on any atom is 0.305 e. The summed E-state index contributed by atoms with van der Waals surface area (Å²) in [5.74, 6) is 4.62. The standard InChI is InChI=1S/C22H23NO2/c1-17(24)23(16-19-8-6-5-7-9-19)21(25)15-12-18-10-13-20(14-11-18)22(2,3)4/h5-11,13-14H,16H2,1-4H3. The van der Waals surface area contributed by atoms with Crippen LogP contribution in [0.5, 0.6) is 0 Å². The molecule has 3 nitrogen and oxygen atoms in total. The van der Waals surface area contributed by atoms with Crippen LogP contribution < -0.4 is 0 Å². The van der Waals surface area contributed by atoms with E-state index in [9.17, 15) is 9.59 Å². The number of amides is 2. The van der Waals surface area contributed by atoms with Gasteiger partial charge in [0.05, 0.1) is 6.54 Å². The largest absolute Gasteiger partial charge is 0.305 e. The Morgan fingerprint density at radius 3 is 2.08 bits per heavy atom. The van der Waals surface area contributed by atoms with Crippen LogP contribution in [0.4, 0.5) is 0 Å². The number of carbonyl (C=O) groups is 2. The van der Waals surface area contributed by atoms with E-state index in [-0.39, 0.29) is 17.9 Å². The highest BCUT2D eigenvalue weighted by Crippen LogP contribution is 2.21. The normalized spacial score (nSPS) is 10.6. The van der Waals surface area contributed by atoms with Crippen molar-refractivity contribution in [2.75, 3.05) is 0 Å². The predicted molar refractivity (Wildman–Crippen MR) is 99.7 cm³/mol. The zero-order chi connectivity index (χ0) is 18.4. The first-order valence-electron chi connectivity index (χ1n) is 8.26. The van der Waals surface area contributed by atoms with Crippen molar-refractivity contribution in [3.8, 4) is 11.8 Å². The number of rotatable bonds is 2. The van der Waals surface area contributed by atoms with Crippen molar-refractivity contribution < 1.29 is 9.59 Å². The van der Waals surface area contributed by atoms with Crippen molar-refractivity contribution in [3.63, 3.8) is 0 Å². The lowest BCUT2D eigenvalue weighted by Gasteiger charge is -2.18. The fourth-order valence-electron chi connectivity index (χ4n) is 2.34. The molecule has 0 radical (unpaired) electrons. The highest BCUT2D eigenvalue weighted by Gasteiger charge is 2.16. The van der Waals surface area contributed by atoms with E-state index in [0.29, 0.717) is 0 Å². The average molecular weight is 333 g/mol. The van der Waals surface area contributed by atoms with Gasteiger partial charge in [-0.15, -0.1) is 0 Å². The average Bonchev–Trinajstić information content (AvgIpc) is 2.58. The monoisotopic (exact) mass is 333 g/mol. The van der Waals surface area contributed by atoms with E-state index in [2.05, 4.69) is 32.6 Å². The lowest BCUT2D eigenvalue weighted by atomic mass is 9.87. The third-order valence-corrected chi connectivity index (χ3v) is 3.87. The molecule has 0 spiro atoms. The predicted octanol–water partition coefficient (Wildman–Crippen LogP) is 3.91. The Morgan fingerprint density at radius 2 is 1.56 bits per heavy atom. The van der Waals surface area contributed by atoms with Gasteiger partial charge in [-0.25, -0.2) is 0 Å². The van der Waals surface area contributed by atoms with Crippen LogP contribution in [0.15, 0.2) is 54.6 Å². The molecule has 0 aliphatic carbocycles. The first kappa shape index (κ1) is 18.5. The van der Waals surface area contributed by atoms with Gasteiger partial charge in [0.25, 0.3) is 0 Å². The van der Waals surface area contributed by atoms with Crippen LogP contribution in [0.25, 0.3) is 0 Å². The van der Waals surface area contributed by atoms with Crippen LogP contribution in [0.3, 0.4) is 0 Å². The Hall–Kier alpha value is -2.86. The smallest absolute Gasteiger partial charge is 0.275 e. The molecule has 0 unspecified atom stereocenters. The molecule has 0 fully saturated rings. The minimum absolute atomic E-state index is 0.0723. The topological polar surface area (TPSA) is 37.4 Å². The summed E-state index contributed by atoms with van der Waals surface area (Å²) in [4.78, 5) is 25.3. The third-order valence-electron chi connectivity index (χ3n) is 3.87. The van der Waals surface area contributed by atoms with E-state index in [1.165, 1.54) is 12.5 Å². The minimum Gasteiger partial charge on any atom is -0.275 e. The van der Waals surface area contributed by atoms with Crippen LogP contribution >= 0.6 is 0 Å². The minimum atomic E-state index is -0.490. The van der Waals surface area contributed by atoms with Gasteiger partial charge in [0, 0.05) is 18.4 Å². The Balaban J connectivity index is 2.14. The molecule has 0 aromatic heterocycles. The van der Waals surface area contributed by atoms with Gasteiger partial charge < -0.3 is 0 Å². The first-order chi connectivity index (χ1) is 11.8. The van der Waals surface area contributed by atoms with Gasteiger partial charge in [0.15, 0.2) is 0 Å². The van der Waals surface area contributed by atoms with Gasteiger partial charge in [-0.2, -0.15) is 0 Å². The summed E-state index contributed by atoms with van der Waals surface area (Å²) in [5, 5.41) is 0. The zero-order valence-electron chi connectivity index (χ0n) is 15.2. The van der Waals surface area contributed by atoms with E-state index in [4.69, 9.17) is 0 Å². The summed E-state index contributed by atoms with van der Waals surface area (Å²) in [6, 6.07) is 17.2. The van der Waals surface area contributed by atoms with Crippen molar-refractivity contribution in [3.05, 3.63) is 71.3 Å². The molecule has 0 atom stereocenters. The molecular weight excluding hydrogens is 310 g/mol. The van der Waals surface area contributed by atoms with Gasteiger partial charge in [-0.3, -0.25) is 14.5 Å². The molecule has 0 aliphatic rings. The van der Waals surface area contributed by atoms with Gasteiger partial charge in [-0.1, -0.05) is 69.2 Å². The highest BCUT2D eigenvalue weighted by molar-refractivity contribution is 6.04. The Kier molecular flexibility index (Phi) is 5.77. The molecule has 0 aliphatic heterocycles. The van der Waals surface area contributed by atoms with Crippen LogP contribution in [0, 0.1) is 11.8 Å². The van der Waals surface area contributed by atoms with Crippen LogP contribution in [0.2, 0.25) is 0 Å². The van der Waals surface area contributed by atoms with E-state index in [1.807, 2.05) is 54.6 Å². The second kappa shape index (κ2) is 7.81. The first-order valence-corrected chi connectivity index (χ1v) is 8.26. The summed E-state index contributed by atoms with van der Waals surface area (Å²) >= 11 is 0. The highest BCUT2D eigenvalue weighted by atomic mass is 16.2. The summed E-state index contributed by atoms with van der Waals surface area (Å²) in [6.45, 7) is 8.04. The fraction of sp³-hybridized carbons (Fsp3) is 0.273. The number of hydrogen-bond acceptors (Lipinski definition) is 2. The van der Waals surface area contributed by atoms with Gasteiger partial charge in [0.1, 0.15) is 0 Å². The van der Waals surface area contributed by atoms with Crippen molar-refractivity contribution in [2.24, 2.45) is 0 Å². The third kappa shape index (κ3) is 5.32. The van der Waals surface area contributed by atoms with Crippen LogP contribution in [-0.2, 0) is 21.5 Å². The van der Waals surface area contributed by atoms with Crippen LogP contribution in [0.1, 0.15) is 44.4 Å². The molecule has 0 N–H and O–H groups in total. The quantitative estimate of drug-likeness (QED) is 0.782. The molecule has 0 saturated heterocycles. The van der Waals surface area contributed by atoms with Gasteiger partial charge in [0.2, 0.25) is 5.91 Å². The second-order valence-electron chi connectivity index (χ2n) is 6.97. The van der Waals surface area contributed by atoms with Gasteiger partial charge in [-0.05, 0) is 28.7 Å². The van der Waals surface area contributed by atoms with E-state index < -0.39 is 5.91 Å². The SMILES string of the molecule is CC(=O)N(Cc1ccccc1)C(=O)C#Cc1ccc(C(C)(C)C)cc1. The number of imide groups is 1. The Bertz CT molecular complexity index is 803. The number of hydrogen-bond donors (Lipinski definition) is 0. The van der Waals surface area contributed by atoms with Crippen molar-refractivity contribution in [2.45, 2.75) is 39.7 Å². The van der Waals surface area contributed by atoms with Crippen LogP contribution in [-0.4, -0.2) is 16.7 Å². The van der Waals surface area contributed by atoms with Crippen molar-refractivity contribution in [1.29, 1.82) is 0 Å². The maximum absolute atomic E-state index is 12.3. The molecule has 3 heteroatoms. The summed E-state index contributed by atoms with van der Waals surface area (Å²) in [5.41, 5.74) is 2.92. The number of carbonyl (C=O) groups excluding carboxylic acids is 2. The fourth-order valence-corrected chi connectivity index (χ4v) is 2.34. The summed E-state index contributed by atoms with van der Waals surface area (Å²) in [6.07, 6.45) is 0. The van der Waals surface area contributed by atoms with Gasteiger partial charge >= 0.3 is 5.91 Å². The molecule has 2 aromatic carbocycles. The second-order valence-corrected chi connectivity index (χ2v) is 6.97. The summed E-state index contributed by atoms with van der Waals surface area (Å²) < 4.78 is 0. The molecule has 0 saturated carbocycles. The molecular formula is C22H23NO2. The van der Waals surface area contributed by atoms with Crippen molar-refractivity contribution >= 4 is 11.8 Å². The lowest BCUT2D eigenvalue weighted by molar-refractivity contribution is -0.140. The lowest BCUT2D eigenvalue weighted by Crippen LogP contribution is -2.33. The van der Waals surface area contributed by atoms with E-state index >= 15 is 0 Å². The van der Waals surface area contributed by atoms with E-state index in [0.717, 1.165) is 16.0 Å². The molecule has 128 valence electrons. The molecule has 0 bridgehead atoms. The Labute approximate surface area is 149 Å². The van der Waals surface area contributed by atoms with E-state index in [1.54, 1.807) is 0 Å². The zero-order valence-corrected chi connectivity index (χ0v) is 15.2. The summed E-state index contributed by atoms with van der Waals surface area (Å²) in [7, 11) is 0. The molecule has 0 heterocycles. The number of nitrogens with zero attached hydrogens (tertiary/aromatic N) is 1. The molecule has 2 aromatic rings. The maximum atomic E-state index is 12.3. The molecule has 2 amide bonds.